The molecule has 0 aliphatic rings. The molecule has 1 N–H and O–H groups in total. The Morgan fingerprint density at radius 1 is 1.23 bits per heavy atom. The van der Waals surface area contributed by atoms with E-state index in [4.69, 9.17) is 11.6 Å². The van der Waals surface area contributed by atoms with Crippen molar-refractivity contribution >= 4 is 34.1 Å². The Kier molecular flexibility index (Phi) is 5.33. The van der Waals surface area contributed by atoms with Gasteiger partial charge in [0.15, 0.2) is 5.82 Å². The number of amides is 2. The van der Waals surface area contributed by atoms with E-state index in [1.807, 2.05) is 31.2 Å². The summed E-state index contributed by atoms with van der Waals surface area (Å²) < 4.78 is 15.0. The molecule has 1 atom stereocenters. The van der Waals surface area contributed by atoms with Crippen molar-refractivity contribution < 1.29 is 9.18 Å². The second-order valence-electron chi connectivity index (χ2n) is 6.77. The Balaban J connectivity index is 1.64. The maximum Gasteiger partial charge on any atom is 0.322 e. The van der Waals surface area contributed by atoms with Crippen molar-refractivity contribution in [2.45, 2.75) is 13.0 Å². The highest BCUT2D eigenvalue weighted by Crippen LogP contribution is 2.30. The van der Waals surface area contributed by atoms with E-state index in [-0.39, 0.29) is 17.1 Å². The first-order valence-electron chi connectivity index (χ1n) is 9.17. The number of nitrogens with zero attached hydrogens (tertiary/aromatic N) is 5. The Morgan fingerprint density at radius 2 is 2.00 bits per heavy atom. The lowest BCUT2D eigenvalue weighted by atomic mass is 10.0. The van der Waals surface area contributed by atoms with Crippen molar-refractivity contribution in [3.8, 4) is 5.82 Å². The smallest absolute Gasteiger partial charge is 0.321 e. The van der Waals surface area contributed by atoms with Gasteiger partial charge < -0.3 is 10.2 Å². The largest absolute Gasteiger partial charge is 0.322 e. The number of carbonyl (C=O) groups is 1. The Morgan fingerprint density at radius 3 is 2.70 bits per heavy atom. The normalized spacial score (nSPS) is 12.0. The quantitative estimate of drug-likeness (QED) is 0.509. The Hall–Kier alpha value is -3.52. The molecule has 30 heavy (non-hydrogen) atoms. The fraction of sp³-hybridized carbons (Fsp3) is 0.143. The van der Waals surface area contributed by atoms with Gasteiger partial charge in [0.25, 0.3) is 0 Å². The number of hydrogen-bond donors (Lipinski definition) is 1. The summed E-state index contributed by atoms with van der Waals surface area (Å²) in [5, 5.41) is 8.70. The van der Waals surface area contributed by atoms with Gasteiger partial charge in [0.1, 0.15) is 18.5 Å². The van der Waals surface area contributed by atoms with Crippen LogP contribution < -0.4 is 5.32 Å². The zero-order valence-electron chi connectivity index (χ0n) is 16.3. The van der Waals surface area contributed by atoms with Crippen LogP contribution in [0, 0.1) is 5.82 Å². The minimum absolute atomic E-state index is 0.0533. The molecule has 0 bridgehead atoms. The van der Waals surface area contributed by atoms with Gasteiger partial charge in [-0.15, -0.1) is 0 Å². The van der Waals surface area contributed by atoms with Crippen LogP contribution in [0.2, 0.25) is 5.02 Å². The first kappa shape index (κ1) is 19.8. The minimum atomic E-state index is -0.540. The lowest BCUT2D eigenvalue weighted by Gasteiger charge is -2.26. The van der Waals surface area contributed by atoms with Crippen molar-refractivity contribution in [3.63, 3.8) is 0 Å². The molecule has 2 aromatic carbocycles. The van der Waals surface area contributed by atoms with Gasteiger partial charge in [-0.05, 0) is 30.5 Å². The lowest BCUT2D eigenvalue weighted by molar-refractivity contribution is 0.208. The second-order valence-corrected chi connectivity index (χ2v) is 7.18. The summed E-state index contributed by atoms with van der Waals surface area (Å²) >= 11 is 5.80. The lowest BCUT2D eigenvalue weighted by Crippen LogP contribution is -2.33. The molecule has 0 radical (unpaired) electrons. The highest BCUT2D eigenvalue weighted by Gasteiger charge is 2.21. The fourth-order valence-corrected chi connectivity index (χ4v) is 3.38. The predicted molar refractivity (Wildman–Crippen MR) is 113 cm³/mol. The van der Waals surface area contributed by atoms with E-state index in [0.717, 1.165) is 16.3 Å². The van der Waals surface area contributed by atoms with Gasteiger partial charge in [0, 0.05) is 29.9 Å². The first-order valence-corrected chi connectivity index (χ1v) is 9.55. The zero-order valence-corrected chi connectivity index (χ0v) is 17.0. The van der Waals surface area contributed by atoms with Crippen LogP contribution in [0.4, 0.5) is 14.9 Å². The number of carbonyl (C=O) groups excluding carboxylic acids is 1. The molecule has 0 saturated heterocycles. The van der Waals surface area contributed by atoms with Gasteiger partial charge in [-0.1, -0.05) is 35.9 Å². The van der Waals surface area contributed by atoms with E-state index < -0.39 is 5.82 Å². The van der Waals surface area contributed by atoms with Gasteiger partial charge in [0.2, 0.25) is 0 Å². The Bertz CT molecular complexity index is 1210. The number of nitrogens with one attached hydrogen (secondary N) is 1. The highest BCUT2D eigenvalue weighted by molar-refractivity contribution is 6.31. The summed E-state index contributed by atoms with van der Waals surface area (Å²) in [5.41, 5.74) is 1.29. The molecule has 2 heterocycles. The van der Waals surface area contributed by atoms with E-state index >= 15 is 0 Å². The van der Waals surface area contributed by atoms with Crippen molar-refractivity contribution in [1.29, 1.82) is 0 Å². The molecule has 4 aromatic rings. The van der Waals surface area contributed by atoms with E-state index in [2.05, 4.69) is 20.4 Å². The molecule has 7 nitrogen and oxygen atoms in total. The molecule has 4 rings (SSSR count). The zero-order chi connectivity index (χ0) is 21.3. The van der Waals surface area contributed by atoms with Crippen LogP contribution in [0.1, 0.15) is 18.5 Å². The number of halogens is 2. The second kappa shape index (κ2) is 8.08. The molecule has 0 spiro atoms. The number of fused-ring (bicyclic) bond motifs is 1. The molecule has 0 fully saturated rings. The van der Waals surface area contributed by atoms with Gasteiger partial charge >= 0.3 is 6.03 Å². The summed E-state index contributed by atoms with van der Waals surface area (Å²) in [6, 6.07) is 11.2. The monoisotopic (exact) mass is 424 g/mol. The third-order valence-corrected chi connectivity index (χ3v) is 5.25. The van der Waals surface area contributed by atoms with Crippen LogP contribution in [0.3, 0.4) is 0 Å². The standard InChI is InChI=1S/C21H18ClFN6O/c1-13(28(2)21(30)27-14-7-8-19(23)18(22)9-14)17-10-25-20(29-12-24-11-26-29)16-6-4-3-5-15(16)17/h3-13H,1-2H3,(H,27,30)/t13-/m1/s1. The van der Waals surface area contributed by atoms with Crippen molar-refractivity contribution in [2.24, 2.45) is 0 Å². The van der Waals surface area contributed by atoms with Gasteiger partial charge in [-0.25, -0.2) is 23.8 Å². The Labute approximate surface area is 177 Å². The summed E-state index contributed by atoms with van der Waals surface area (Å²) in [7, 11) is 1.69. The van der Waals surface area contributed by atoms with Crippen LogP contribution in [0.25, 0.3) is 16.6 Å². The van der Waals surface area contributed by atoms with Crippen molar-refractivity contribution in [1.82, 2.24) is 24.6 Å². The molecule has 0 aliphatic carbocycles. The predicted octanol–water partition coefficient (Wildman–Crippen LogP) is 4.83. The number of anilines is 1. The molecular formula is C21H18ClFN6O. The number of benzene rings is 2. The molecule has 0 aliphatic heterocycles. The molecule has 9 heteroatoms. The molecule has 2 amide bonds. The van der Waals surface area contributed by atoms with Crippen LogP contribution >= 0.6 is 11.6 Å². The van der Waals surface area contributed by atoms with Crippen molar-refractivity contribution in [2.75, 3.05) is 12.4 Å². The maximum atomic E-state index is 13.4. The average molecular weight is 425 g/mol. The topological polar surface area (TPSA) is 75.9 Å². The molecule has 0 saturated carbocycles. The molecule has 0 unspecified atom stereocenters. The molecular weight excluding hydrogens is 407 g/mol. The van der Waals surface area contributed by atoms with Crippen LogP contribution in [0.5, 0.6) is 0 Å². The van der Waals surface area contributed by atoms with Crippen LogP contribution in [0.15, 0.2) is 61.3 Å². The summed E-state index contributed by atoms with van der Waals surface area (Å²) in [6.45, 7) is 1.91. The van der Waals surface area contributed by atoms with Gasteiger partial charge in [-0.3, -0.25) is 0 Å². The van der Waals surface area contributed by atoms with E-state index in [1.165, 1.54) is 24.5 Å². The number of urea groups is 1. The summed E-state index contributed by atoms with van der Waals surface area (Å²) in [6.07, 6.45) is 4.78. The number of pyridine rings is 1. The third kappa shape index (κ3) is 3.69. The van der Waals surface area contributed by atoms with Gasteiger partial charge in [-0.2, -0.15) is 5.10 Å². The average Bonchev–Trinajstić information content (AvgIpc) is 3.29. The number of rotatable bonds is 4. The minimum Gasteiger partial charge on any atom is -0.321 e. The van der Waals surface area contributed by atoms with Gasteiger partial charge in [0.05, 0.1) is 11.1 Å². The van der Waals surface area contributed by atoms with Crippen LogP contribution in [-0.4, -0.2) is 37.7 Å². The number of aromatic nitrogens is 4. The third-order valence-electron chi connectivity index (χ3n) is 4.96. The molecule has 152 valence electrons. The summed E-state index contributed by atoms with van der Waals surface area (Å²) in [4.78, 5) is 22.8. The highest BCUT2D eigenvalue weighted by atomic mass is 35.5. The summed E-state index contributed by atoms with van der Waals surface area (Å²) in [5.74, 6) is 0.119. The maximum absolute atomic E-state index is 13.4. The molecule has 2 aromatic heterocycles. The first-order chi connectivity index (χ1) is 14.5. The number of hydrogen-bond acceptors (Lipinski definition) is 4. The fourth-order valence-electron chi connectivity index (χ4n) is 3.20. The SMILES string of the molecule is C[C@H](c1cnc(-n2cncn2)c2ccccc12)N(C)C(=O)Nc1ccc(F)c(Cl)c1. The van der Waals surface area contributed by atoms with Crippen LogP contribution in [-0.2, 0) is 0 Å². The van der Waals surface area contributed by atoms with E-state index in [0.29, 0.717) is 11.5 Å². The van der Waals surface area contributed by atoms with E-state index in [1.54, 1.807) is 29.2 Å². The van der Waals surface area contributed by atoms with E-state index in [9.17, 15) is 9.18 Å². The van der Waals surface area contributed by atoms with Crippen molar-refractivity contribution in [3.05, 3.63) is 77.7 Å².